The predicted octanol–water partition coefficient (Wildman–Crippen LogP) is 2.77. The van der Waals surface area contributed by atoms with Crippen molar-refractivity contribution in [1.29, 1.82) is 0 Å². The molecule has 1 unspecified atom stereocenters. The second-order valence-electron chi connectivity index (χ2n) is 4.61. The molecule has 0 fully saturated rings. The molecule has 0 aliphatic rings. The van der Waals surface area contributed by atoms with Crippen LogP contribution in [0.25, 0.3) is 0 Å². The Morgan fingerprint density at radius 3 is 3.00 bits per heavy atom. The lowest BCUT2D eigenvalue weighted by molar-refractivity contribution is 0.292. The minimum absolute atomic E-state index is 0.0546. The highest BCUT2D eigenvalue weighted by Gasteiger charge is 2.12. The lowest BCUT2D eigenvalue weighted by Gasteiger charge is -2.18. The van der Waals surface area contributed by atoms with E-state index >= 15 is 0 Å². The van der Waals surface area contributed by atoms with Gasteiger partial charge in [0.05, 0.1) is 12.9 Å². The number of halogens is 1. The van der Waals surface area contributed by atoms with Crippen molar-refractivity contribution in [2.75, 3.05) is 13.2 Å². The van der Waals surface area contributed by atoms with E-state index in [2.05, 4.69) is 10.3 Å². The molecule has 2 aromatic rings. The molecule has 20 heavy (non-hydrogen) atoms. The molecular weight excluding hydrogens is 257 g/mol. The van der Waals surface area contributed by atoms with E-state index in [4.69, 9.17) is 4.74 Å². The van der Waals surface area contributed by atoms with Crippen LogP contribution in [0.3, 0.4) is 0 Å². The normalized spacial score (nSPS) is 12.3. The fraction of sp³-hybridized carbons (Fsp3) is 0.400. The standard InChI is InChI=1S/C15H20FN3O/c1-3-18-12(2)14-10-13(16)4-5-15(14)20-9-8-19-7-6-17-11-19/h4-7,10-12,18H,3,8-9H2,1-2H3. The fourth-order valence-electron chi connectivity index (χ4n) is 2.09. The van der Waals surface area contributed by atoms with Gasteiger partial charge in [0.2, 0.25) is 0 Å². The van der Waals surface area contributed by atoms with Crippen molar-refractivity contribution in [2.24, 2.45) is 0 Å². The van der Waals surface area contributed by atoms with Gasteiger partial charge in [-0.3, -0.25) is 0 Å². The maximum atomic E-state index is 13.4. The van der Waals surface area contributed by atoms with Crippen molar-refractivity contribution in [3.05, 3.63) is 48.3 Å². The first kappa shape index (κ1) is 14.5. The minimum atomic E-state index is -0.244. The molecule has 108 valence electrons. The predicted molar refractivity (Wildman–Crippen MR) is 76.2 cm³/mol. The molecule has 0 aliphatic carbocycles. The van der Waals surface area contributed by atoms with Crippen molar-refractivity contribution in [3.63, 3.8) is 0 Å². The van der Waals surface area contributed by atoms with Crippen molar-refractivity contribution < 1.29 is 9.13 Å². The molecule has 1 N–H and O–H groups in total. The number of rotatable bonds is 7. The first-order chi connectivity index (χ1) is 9.70. The van der Waals surface area contributed by atoms with Gasteiger partial charge < -0.3 is 14.6 Å². The summed E-state index contributed by atoms with van der Waals surface area (Å²) in [5, 5.41) is 3.27. The lowest BCUT2D eigenvalue weighted by Crippen LogP contribution is -2.19. The highest BCUT2D eigenvalue weighted by atomic mass is 19.1. The van der Waals surface area contributed by atoms with Crippen molar-refractivity contribution >= 4 is 0 Å². The average Bonchev–Trinajstić information content (AvgIpc) is 2.94. The van der Waals surface area contributed by atoms with Gasteiger partial charge in [0, 0.05) is 24.0 Å². The smallest absolute Gasteiger partial charge is 0.124 e. The van der Waals surface area contributed by atoms with Gasteiger partial charge in [-0.25, -0.2) is 9.37 Å². The van der Waals surface area contributed by atoms with Gasteiger partial charge in [-0.2, -0.15) is 0 Å². The average molecular weight is 277 g/mol. The molecule has 0 amide bonds. The largest absolute Gasteiger partial charge is 0.491 e. The monoisotopic (exact) mass is 277 g/mol. The molecule has 1 aromatic carbocycles. The summed E-state index contributed by atoms with van der Waals surface area (Å²) in [4.78, 5) is 3.98. The van der Waals surface area contributed by atoms with Crippen LogP contribution in [0.1, 0.15) is 25.5 Å². The Hall–Kier alpha value is -1.88. The molecule has 0 aliphatic heterocycles. The minimum Gasteiger partial charge on any atom is -0.491 e. The van der Waals surface area contributed by atoms with E-state index in [1.807, 2.05) is 24.6 Å². The highest BCUT2D eigenvalue weighted by Crippen LogP contribution is 2.26. The summed E-state index contributed by atoms with van der Waals surface area (Å²) in [5.41, 5.74) is 0.845. The lowest BCUT2D eigenvalue weighted by atomic mass is 10.1. The van der Waals surface area contributed by atoms with E-state index < -0.39 is 0 Å². The quantitative estimate of drug-likeness (QED) is 0.846. The Bertz CT molecular complexity index is 528. The molecule has 1 atom stereocenters. The van der Waals surface area contributed by atoms with E-state index in [0.717, 1.165) is 17.9 Å². The van der Waals surface area contributed by atoms with Crippen LogP contribution in [0.2, 0.25) is 0 Å². The van der Waals surface area contributed by atoms with Crippen LogP contribution >= 0.6 is 0 Å². The summed E-state index contributed by atoms with van der Waals surface area (Å²) in [6, 6.07) is 4.69. The van der Waals surface area contributed by atoms with Gasteiger partial charge in [0.15, 0.2) is 0 Å². The van der Waals surface area contributed by atoms with E-state index in [9.17, 15) is 4.39 Å². The number of nitrogens with one attached hydrogen (secondary N) is 1. The Morgan fingerprint density at radius 2 is 2.30 bits per heavy atom. The van der Waals surface area contributed by atoms with Crippen LogP contribution < -0.4 is 10.1 Å². The van der Waals surface area contributed by atoms with Crippen LogP contribution in [0.5, 0.6) is 5.75 Å². The molecule has 5 heteroatoms. The van der Waals surface area contributed by atoms with Crippen molar-refractivity contribution in [3.8, 4) is 5.75 Å². The van der Waals surface area contributed by atoms with Crippen LogP contribution in [0.4, 0.5) is 4.39 Å². The summed E-state index contributed by atoms with van der Waals surface area (Å²) < 4.78 is 21.1. The second kappa shape index (κ2) is 7.05. The zero-order chi connectivity index (χ0) is 14.4. The van der Waals surface area contributed by atoms with Gasteiger partial charge in [-0.15, -0.1) is 0 Å². The summed E-state index contributed by atoms with van der Waals surface area (Å²) in [6.45, 7) is 6.09. The molecular formula is C15H20FN3O. The van der Waals surface area contributed by atoms with E-state index in [-0.39, 0.29) is 11.9 Å². The number of nitrogens with zero attached hydrogens (tertiary/aromatic N) is 2. The number of hydrogen-bond donors (Lipinski definition) is 1. The third kappa shape index (κ3) is 3.81. The van der Waals surface area contributed by atoms with E-state index in [1.54, 1.807) is 18.6 Å². The van der Waals surface area contributed by atoms with Crippen molar-refractivity contribution in [1.82, 2.24) is 14.9 Å². The molecule has 1 heterocycles. The Morgan fingerprint density at radius 1 is 1.45 bits per heavy atom. The topological polar surface area (TPSA) is 39.1 Å². The van der Waals surface area contributed by atoms with Gasteiger partial charge in [0.1, 0.15) is 18.2 Å². The third-order valence-electron chi connectivity index (χ3n) is 3.11. The van der Waals surface area contributed by atoms with E-state index in [0.29, 0.717) is 13.2 Å². The number of ether oxygens (including phenoxy) is 1. The van der Waals surface area contributed by atoms with Gasteiger partial charge in [0.25, 0.3) is 0 Å². The van der Waals surface area contributed by atoms with E-state index in [1.165, 1.54) is 12.1 Å². The van der Waals surface area contributed by atoms with Crippen molar-refractivity contribution in [2.45, 2.75) is 26.4 Å². The van der Waals surface area contributed by atoms with Gasteiger partial charge in [-0.1, -0.05) is 6.92 Å². The number of benzene rings is 1. The van der Waals surface area contributed by atoms with Crippen LogP contribution in [0.15, 0.2) is 36.9 Å². The number of imidazole rings is 1. The maximum Gasteiger partial charge on any atom is 0.124 e. The Balaban J connectivity index is 2.02. The molecule has 0 saturated heterocycles. The van der Waals surface area contributed by atoms with Gasteiger partial charge in [-0.05, 0) is 31.7 Å². The SMILES string of the molecule is CCNC(C)c1cc(F)ccc1OCCn1ccnc1. The molecule has 0 bridgehead atoms. The number of hydrogen-bond acceptors (Lipinski definition) is 3. The van der Waals surface area contributed by atoms with Crippen LogP contribution in [-0.4, -0.2) is 22.7 Å². The first-order valence-electron chi connectivity index (χ1n) is 6.82. The molecule has 0 radical (unpaired) electrons. The summed E-state index contributed by atoms with van der Waals surface area (Å²) in [5.74, 6) is 0.478. The zero-order valence-electron chi connectivity index (χ0n) is 11.8. The third-order valence-corrected chi connectivity index (χ3v) is 3.11. The zero-order valence-corrected chi connectivity index (χ0v) is 11.8. The summed E-state index contributed by atoms with van der Waals surface area (Å²) >= 11 is 0. The Labute approximate surface area is 118 Å². The highest BCUT2D eigenvalue weighted by molar-refractivity contribution is 5.36. The molecule has 0 saturated carbocycles. The molecule has 1 aromatic heterocycles. The van der Waals surface area contributed by atoms with Crippen LogP contribution in [-0.2, 0) is 6.54 Å². The Kier molecular flexibility index (Phi) is 5.12. The maximum absolute atomic E-state index is 13.4. The summed E-state index contributed by atoms with van der Waals surface area (Å²) in [7, 11) is 0. The fourth-order valence-corrected chi connectivity index (χ4v) is 2.09. The molecule has 0 spiro atoms. The first-order valence-corrected chi connectivity index (χ1v) is 6.82. The second-order valence-corrected chi connectivity index (χ2v) is 4.61. The molecule has 2 rings (SSSR count). The van der Waals surface area contributed by atoms with Crippen LogP contribution in [0, 0.1) is 5.82 Å². The number of aromatic nitrogens is 2. The van der Waals surface area contributed by atoms with Gasteiger partial charge >= 0.3 is 0 Å². The molecule has 4 nitrogen and oxygen atoms in total. The summed E-state index contributed by atoms with van der Waals surface area (Å²) in [6.07, 6.45) is 5.36.